The van der Waals surface area contributed by atoms with E-state index in [-0.39, 0.29) is 5.06 Å². The van der Waals surface area contributed by atoms with Crippen LogP contribution in [0.2, 0.25) is 0 Å². The van der Waals surface area contributed by atoms with Gasteiger partial charge in [0.05, 0.1) is 7.11 Å². The summed E-state index contributed by atoms with van der Waals surface area (Å²) in [6, 6.07) is 0. The molecule has 1 rings (SSSR count). The summed E-state index contributed by atoms with van der Waals surface area (Å²) in [5, 5.41) is 0.206. The summed E-state index contributed by atoms with van der Waals surface area (Å²) in [6.45, 7) is -1.48. The summed E-state index contributed by atoms with van der Waals surface area (Å²) in [5.74, 6) is -1.73. The van der Waals surface area contributed by atoms with E-state index in [0.717, 1.165) is 14.2 Å². The van der Waals surface area contributed by atoms with Gasteiger partial charge in [-0.2, -0.15) is 21.6 Å². The number of alkyl halides is 3. The Morgan fingerprint density at radius 3 is 2.29 bits per heavy atom. The van der Waals surface area contributed by atoms with Gasteiger partial charge >= 0.3 is 16.6 Å². The maximum atomic E-state index is 12.7. The fourth-order valence-corrected chi connectivity index (χ4v) is 1.98. The molecule has 0 aliphatic carbocycles. The molecule has 0 saturated carbocycles. The Morgan fingerprint density at radius 1 is 1.47 bits per heavy atom. The Balaban J connectivity index is 3.20. The van der Waals surface area contributed by atoms with E-state index in [1.165, 1.54) is 0 Å². The number of hydrogen-bond donors (Lipinski definition) is 0. The van der Waals surface area contributed by atoms with E-state index in [9.17, 15) is 26.4 Å². The topological polar surface area (TPSA) is 82.1 Å². The summed E-state index contributed by atoms with van der Waals surface area (Å²) in [7, 11) is -3.03. The first-order valence-electron chi connectivity index (χ1n) is 4.05. The van der Waals surface area contributed by atoms with Crippen LogP contribution in [0.25, 0.3) is 0 Å². The fourth-order valence-electron chi connectivity index (χ4n) is 1.06. The number of carbonyl (C=O) groups is 1. The molecule has 17 heavy (non-hydrogen) atoms. The summed E-state index contributed by atoms with van der Waals surface area (Å²) in [4.78, 5) is 15.7. The molecule has 0 aromatic heterocycles. The minimum absolute atomic E-state index is 0.206. The van der Waals surface area contributed by atoms with Gasteiger partial charge in [0.15, 0.2) is 0 Å². The molecule has 1 aliphatic heterocycles. The molecule has 0 unspecified atom stereocenters. The molecule has 0 aromatic carbocycles. The quantitative estimate of drug-likeness (QED) is 0.640. The van der Waals surface area contributed by atoms with Crippen LogP contribution < -0.4 is 0 Å². The highest BCUT2D eigenvalue weighted by molar-refractivity contribution is 7.82. The van der Waals surface area contributed by atoms with Crippen molar-refractivity contribution in [3.05, 3.63) is 0 Å². The Morgan fingerprint density at radius 2 is 2.00 bits per heavy atom. The third kappa shape index (κ3) is 2.36. The highest BCUT2D eigenvalue weighted by atomic mass is 32.3. The van der Waals surface area contributed by atoms with Gasteiger partial charge in [-0.15, -0.1) is 0 Å². The average Bonchev–Trinajstić information content (AvgIpc) is 2.52. The van der Waals surface area contributed by atoms with E-state index in [1.807, 2.05) is 0 Å². The van der Waals surface area contributed by atoms with Crippen LogP contribution in [-0.4, -0.2) is 51.9 Å². The number of hydrogen-bond acceptors (Lipinski definition) is 6. The van der Waals surface area contributed by atoms with Crippen molar-refractivity contribution in [3.8, 4) is 0 Å². The summed E-state index contributed by atoms with van der Waals surface area (Å²) in [6.07, 6.45) is -5.26. The molecule has 0 radical (unpaired) electrons. The smallest absolute Gasteiger partial charge is 0.274 e. The molecule has 1 saturated heterocycles. The molecular formula is C6H8F3NO6S. The molecule has 0 spiro atoms. The van der Waals surface area contributed by atoms with Gasteiger partial charge in [-0.25, -0.2) is 13.4 Å². The first-order valence-corrected chi connectivity index (χ1v) is 5.38. The zero-order valence-corrected chi connectivity index (χ0v) is 9.46. The molecule has 0 bridgehead atoms. The van der Waals surface area contributed by atoms with Gasteiger partial charge in [-0.1, -0.05) is 0 Å². The van der Waals surface area contributed by atoms with Gasteiger partial charge in [0, 0.05) is 7.05 Å². The second-order valence-electron chi connectivity index (χ2n) is 3.06. The molecule has 0 aromatic rings. The van der Waals surface area contributed by atoms with Gasteiger partial charge in [0.2, 0.25) is 0 Å². The maximum absolute atomic E-state index is 12.7. The predicted octanol–water partition coefficient (Wildman–Crippen LogP) is -0.401. The second kappa shape index (κ2) is 4.08. The van der Waals surface area contributed by atoms with Gasteiger partial charge < -0.3 is 0 Å². The van der Waals surface area contributed by atoms with Crippen molar-refractivity contribution < 1.29 is 39.6 Å². The molecule has 0 N–H and O–H groups in total. The van der Waals surface area contributed by atoms with Crippen LogP contribution in [-0.2, 0) is 28.4 Å². The summed E-state index contributed by atoms with van der Waals surface area (Å²) >= 11 is 0. The van der Waals surface area contributed by atoms with Crippen molar-refractivity contribution in [1.29, 1.82) is 0 Å². The number of halogens is 3. The monoisotopic (exact) mass is 279 g/mol. The van der Waals surface area contributed by atoms with Crippen LogP contribution in [0.15, 0.2) is 0 Å². The SMILES string of the molecule is CON(C)C(=O)[C@]1(C(F)(F)F)COS(=O)(=O)O1. The van der Waals surface area contributed by atoms with Crippen LogP contribution >= 0.6 is 0 Å². The lowest BCUT2D eigenvalue weighted by atomic mass is 10.0. The zero-order chi connectivity index (χ0) is 13.5. The Hall–Kier alpha value is -0.910. The molecule has 1 atom stereocenters. The molecule has 100 valence electrons. The predicted molar refractivity (Wildman–Crippen MR) is 44.5 cm³/mol. The Kier molecular flexibility index (Phi) is 3.40. The van der Waals surface area contributed by atoms with Crippen LogP contribution in [0.3, 0.4) is 0 Å². The van der Waals surface area contributed by atoms with E-state index < -0.39 is 34.7 Å². The lowest BCUT2D eigenvalue weighted by Crippen LogP contribution is -2.59. The molecular weight excluding hydrogens is 271 g/mol. The normalized spacial score (nSPS) is 28.1. The fraction of sp³-hybridized carbons (Fsp3) is 0.833. The van der Waals surface area contributed by atoms with Gasteiger partial charge in [0.1, 0.15) is 6.61 Å². The lowest BCUT2D eigenvalue weighted by molar-refractivity contribution is -0.255. The standard InChI is InChI=1S/C6H8F3NO6S/c1-10(14-2)4(11)5(6(7,8)9)3-15-17(12,13)16-5/h3H2,1-2H3/t5-/m0/s1. The number of likely N-dealkylation sites (N-methyl/N-ethyl adjacent to an activating group) is 1. The minimum atomic E-state index is -5.26. The van der Waals surface area contributed by atoms with E-state index in [2.05, 4.69) is 13.2 Å². The molecule has 1 amide bonds. The van der Waals surface area contributed by atoms with Crippen LogP contribution in [0.1, 0.15) is 0 Å². The number of carbonyl (C=O) groups excluding carboxylic acids is 1. The molecule has 11 heteroatoms. The van der Waals surface area contributed by atoms with Crippen molar-refractivity contribution in [1.82, 2.24) is 5.06 Å². The second-order valence-corrected chi connectivity index (χ2v) is 4.28. The molecule has 1 aliphatic rings. The molecule has 1 heterocycles. The summed E-state index contributed by atoms with van der Waals surface area (Å²) < 4.78 is 67.3. The molecule has 7 nitrogen and oxygen atoms in total. The zero-order valence-electron chi connectivity index (χ0n) is 8.65. The minimum Gasteiger partial charge on any atom is -0.274 e. The Labute approximate surface area is 94.3 Å². The van der Waals surface area contributed by atoms with Gasteiger partial charge in [-0.3, -0.25) is 9.63 Å². The lowest BCUT2D eigenvalue weighted by Gasteiger charge is -2.28. The van der Waals surface area contributed by atoms with E-state index in [1.54, 1.807) is 0 Å². The van der Waals surface area contributed by atoms with Crippen LogP contribution in [0.4, 0.5) is 13.2 Å². The van der Waals surface area contributed by atoms with Crippen molar-refractivity contribution in [3.63, 3.8) is 0 Å². The first kappa shape index (κ1) is 14.2. The van der Waals surface area contributed by atoms with Crippen molar-refractivity contribution >= 4 is 16.3 Å². The highest BCUT2D eigenvalue weighted by Crippen LogP contribution is 2.41. The third-order valence-electron chi connectivity index (χ3n) is 2.01. The largest absolute Gasteiger partial charge is 0.430 e. The van der Waals surface area contributed by atoms with Gasteiger partial charge in [-0.05, 0) is 0 Å². The highest BCUT2D eigenvalue weighted by Gasteiger charge is 2.69. The molecule has 1 fully saturated rings. The summed E-state index contributed by atoms with van der Waals surface area (Å²) in [5.41, 5.74) is -3.60. The first-order chi connectivity index (χ1) is 7.56. The number of hydroxylamine groups is 2. The van der Waals surface area contributed by atoms with E-state index >= 15 is 0 Å². The van der Waals surface area contributed by atoms with Crippen molar-refractivity contribution in [2.24, 2.45) is 0 Å². The number of nitrogens with zero attached hydrogens (tertiary/aromatic N) is 1. The Bertz CT molecular complexity index is 420. The maximum Gasteiger partial charge on any atom is 0.430 e. The number of rotatable bonds is 2. The third-order valence-corrected chi connectivity index (χ3v) is 2.91. The van der Waals surface area contributed by atoms with Crippen LogP contribution in [0, 0.1) is 0 Å². The van der Waals surface area contributed by atoms with Crippen molar-refractivity contribution in [2.75, 3.05) is 20.8 Å². The average molecular weight is 279 g/mol. The number of amides is 1. The van der Waals surface area contributed by atoms with E-state index in [4.69, 9.17) is 0 Å². The van der Waals surface area contributed by atoms with Crippen LogP contribution in [0.5, 0.6) is 0 Å². The van der Waals surface area contributed by atoms with E-state index in [0.29, 0.717) is 0 Å². The van der Waals surface area contributed by atoms with Gasteiger partial charge in [0.25, 0.3) is 11.5 Å². The van der Waals surface area contributed by atoms with Crippen molar-refractivity contribution in [2.45, 2.75) is 11.8 Å².